The van der Waals surface area contributed by atoms with Crippen LogP contribution in [0.15, 0.2) is 41.1 Å². The number of carbonyl (C=O) groups is 1. The van der Waals surface area contributed by atoms with Gasteiger partial charge in [-0.25, -0.2) is 4.98 Å². The van der Waals surface area contributed by atoms with Crippen LogP contribution in [-0.2, 0) is 11.3 Å². The Bertz CT molecular complexity index is 1240. The minimum Gasteiger partial charge on any atom is -0.464 e. The maximum atomic E-state index is 11.2. The van der Waals surface area contributed by atoms with Gasteiger partial charge in [0.05, 0.1) is 11.0 Å². The Morgan fingerprint density at radius 1 is 1.32 bits per heavy atom. The molecule has 0 saturated carbocycles. The zero-order valence-corrected chi connectivity index (χ0v) is 18.4. The number of hydrogen-bond acceptors (Lipinski definition) is 7. The predicted molar refractivity (Wildman–Crippen MR) is 121 cm³/mol. The van der Waals surface area contributed by atoms with Crippen LogP contribution in [0, 0.1) is 6.92 Å². The first kappa shape index (κ1) is 20.0. The smallest absolute Gasteiger partial charge is 0.281 e. The standard InChI is InChI=1S/C23H24N4O3S/c1-14-9-21-22(24-11-14)26-23(31-21)30-18-3-4-19-16(13-29-20(19)10-18)12-27-7-5-17(6-8-27)25-15(2)28/h3-4,9-11,13,17H,5-8,12H2,1-2H3,(H,25,28). The molecule has 1 aliphatic heterocycles. The average molecular weight is 437 g/mol. The van der Waals surface area contributed by atoms with Crippen molar-refractivity contribution in [2.24, 2.45) is 0 Å². The largest absolute Gasteiger partial charge is 0.464 e. The van der Waals surface area contributed by atoms with Crippen LogP contribution >= 0.6 is 11.3 Å². The lowest BCUT2D eigenvalue weighted by Crippen LogP contribution is -2.43. The fourth-order valence-corrected chi connectivity index (χ4v) is 4.95. The van der Waals surface area contributed by atoms with E-state index in [0.29, 0.717) is 16.6 Å². The molecule has 5 rings (SSSR count). The van der Waals surface area contributed by atoms with Gasteiger partial charge in [-0.3, -0.25) is 9.69 Å². The highest BCUT2D eigenvalue weighted by Crippen LogP contribution is 2.33. The number of amides is 1. The molecule has 0 atom stereocenters. The minimum atomic E-state index is 0.0505. The molecule has 1 saturated heterocycles. The molecule has 0 bridgehead atoms. The molecule has 7 nitrogen and oxygen atoms in total. The average Bonchev–Trinajstić information content (AvgIpc) is 3.32. The third-order valence-corrected chi connectivity index (χ3v) is 6.45. The number of piperidine rings is 1. The van der Waals surface area contributed by atoms with Crippen molar-refractivity contribution >= 4 is 38.6 Å². The number of nitrogens with one attached hydrogen (secondary N) is 1. The molecular weight excluding hydrogens is 412 g/mol. The zero-order valence-electron chi connectivity index (χ0n) is 17.6. The third-order valence-electron chi connectivity index (χ3n) is 5.59. The molecule has 4 heterocycles. The van der Waals surface area contributed by atoms with E-state index in [9.17, 15) is 4.79 Å². The van der Waals surface area contributed by atoms with Crippen LogP contribution in [-0.4, -0.2) is 39.9 Å². The van der Waals surface area contributed by atoms with Crippen molar-refractivity contribution in [1.29, 1.82) is 0 Å². The predicted octanol–water partition coefficient (Wildman–Crippen LogP) is 4.64. The van der Waals surface area contributed by atoms with Crippen LogP contribution in [0.5, 0.6) is 10.9 Å². The molecule has 1 amide bonds. The van der Waals surface area contributed by atoms with E-state index in [1.807, 2.05) is 37.6 Å². The summed E-state index contributed by atoms with van der Waals surface area (Å²) in [6, 6.07) is 8.26. The number of carbonyl (C=O) groups excluding carboxylic acids is 1. The lowest BCUT2D eigenvalue weighted by Gasteiger charge is -2.31. The summed E-state index contributed by atoms with van der Waals surface area (Å²) in [6.07, 6.45) is 5.59. The summed E-state index contributed by atoms with van der Waals surface area (Å²) in [5, 5.41) is 4.69. The van der Waals surface area contributed by atoms with Crippen LogP contribution in [0.4, 0.5) is 0 Å². The molecule has 1 aromatic carbocycles. The second-order valence-corrected chi connectivity index (χ2v) is 9.08. The van der Waals surface area contributed by atoms with Gasteiger partial charge in [0.1, 0.15) is 11.3 Å². The summed E-state index contributed by atoms with van der Waals surface area (Å²) < 4.78 is 12.8. The number of aromatic nitrogens is 2. The maximum Gasteiger partial charge on any atom is 0.281 e. The van der Waals surface area contributed by atoms with Gasteiger partial charge in [0.15, 0.2) is 5.65 Å². The highest BCUT2D eigenvalue weighted by atomic mass is 32.1. The monoisotopic (exact) mass is 436 g/mol. The van der Waals surface area contributed by atoms with E-state index in [1.54, 1.807) is 6.92 Å². The van der Waals surface area contributed by atoms with Crippen LogP contribution < -0.4 is 10.1 Å². The van der Waals surface area contributed by atoms with Gasteiger partial charge in [-0.1, -0.05) is 11.3 Å². The summed E-state index contributed by atoms with van der Waals surface area (Å²) in [5.41, 5.74) is 3.77. The number of furan rings is 1. The normalized spacial score (nSPS) is 15.5. The van der Waals surface area contributed by atoms with Gasteiger partial charge < -0.3 is 14.5 Å². The summed E-state index contributed by atoms with van der Waals surface area (Å²) >= 11 is 1.48. The zero-order chi connectivity index (χ0) is 21.4. The molecule has 160 valence electrons. The third kappa shape index (κ3) is 4.40. The van der Waals surface area contributed by atoms with Crippen LogP contribution in [0.1, 0.15) is 30.9 Å². The van der Waals surface area contributed by atoms with Crippen molar-refractivity contribution < 1.29 is 13.9 Å². The Morgan fingerprint density at radius 3 is 2.97 bits per heavy atom. The second kappa shape index (κ2) is 8.28. The van der Waals surface area contributed by atoms with E-state index >= 15 is 0 Å². The van der Waals surface area contributed by atoms with E-state index in [2.05, 4.69) is 26.3 Å². The number of hydrogen-bond donors (Lipinski definition) is 1. The number of benzene rings is 1. The molecular formula is C23H24N4O3S. The maximum absolute atomic E-state index is 11.2. The first-order valence-corrected chi connectivity index (χ1v) is 11.3. The summed E-state index contributed by atoms with van der Waals surface area (Å²) in [4.78, 5) is 22.5. The van der Waals surface area contributed by atoms with Crippen molar-refractivity contribution in [3.05, 3.63) is 47.9 Å². The van der Waals surface area contributed by atoms with Crippen molar-refractivity contribution in [2.75, 3.05) is 13.1 Å². The van der Waals surface area contributed by atoms with E-state index < -0.39 is 0 Å². The molecule has 1 fully saturated rings. The molecule has 31 heavy (non-hydrogen) atoms. The number of fused-ring (bicyclic) bond motifs is 2. The van der Waals surface area contributed by atoms with Gasteiger partial charge >= 0.3 is 0 Å². The Kier molecular flexibility index (Phi) is 5.33. The van der Waals surface area contributed by atoms with Gasteiger partial charge in [-0.2, -0.15) is 4.98 Å². The molecule has 4 aromatic rings. The summed E-state index contributed by atoms with van der Waals surface area (Å²) in [7, 11) is 0. The number of thiazole rings is 1. The van der Waals surface area contributed by atoms with Crippen LogP contribution in [0.2, 0.25) is 0 Å². The van der Waals surface area contributed by atoms with E-state index in [0.717, 1.165) is 53.7 Å². The van der Waals surface area contributed by atoms with Crippen molar-refractivity contribution in [3.63, 3.8) is 0 Å². The van der Waals surface area contributed by atoms with Crippen molar-refractivity contribution in [3.8, 4) is 10.9 Å². The Balaban J connectivity index is 1.27. The number of ether oxygens (including phenoxy) is 1. The van der Waals surface area contributed by atoms with Crippen LogP contribution in [0.25, 0.3) is 21.3 Å². The van der Waals surface area contributed by atoms with Gasteiger partial charge in [-0.05, 0) is 43.5 Å². The molecule has 3 aromatic heterocycles. The summed E-state index contributed by atoms with van der Waals surface area (Å²) in [5.74, 6) is 0.745. The number of rotatable bonds is 5. The molecule has 1 aliphatic rings. The second-order valence-electron chi connectivity index (χ2n) is 8.09. The molecule has 0 aliphatic carbocycles. The first-order chi connectivity index (χ1) is 15.0. The first-order valence-electron chi connectivity index (χ1n) is 10.4. The number of nitrogens with zero attached hydrogens (tertiary/aromatic N) is 3. The highest BCUT2D eigenvalue weighted by Gasteiger charge is 2.21. The fraction of sp³-hybridized carbons (Fsp3) is 0.348. The van der Waals surface area contributed by atoms with E-state index in [4.69, 9.17) is 9.15 Å². The fourth-order valence-electron chi connectivity index (χ4n) is 4.06. The number of likely N-dealkylation sites (tertiary alicyclic amines) is 1. The highest BCUT2D eigenvalue weighted by molar-refractivity contribution is 7.20. The van der Waals surface area contributed by atoms with Gasteiger partial charge in [-0.15, -0.1) is 0 Å². The Morgan fingerprint density at radius 2 is 2.16 bits per heavy atom. The van der Waals surface area contributed by atoms with E-state index in [1.165, 1.54) is 16.9 Å². The van der Waals surface area contributed by atoms with E-state index in [-0.39, 0.29) is 11.9 Å². The quantitative estimate of drug-likeness (QED) is 0.491. The number of pyridine rings is 1. The minimum absolute atomic E-state index is 0.0505. The Hall–Kier alpha value is -2.97. The molecule has 0 unspecified atom stereocenters. The molecule has 0 radical (unpaired) electrons. The topological polar surface area (TPSA) is 80.5 Å². The van der Waals surface area contributed by atoms with Gasteiger partial charge in [0.25, 0.3) is 5.19 Å². The lowest BCUT2D eigenvalue weighted by molar-refractivity contribution is -0.119. The van der Waals surface area contributed by atoms with Crippen LogP contribution in [0.3, 0.4) is 0 Å². The molecule has 1 N–H and O–H groups in total. The Labute approximate surface area is 184 Å². The molecule has 0 spiro atoms. The van der Waals surface area contributed by atoms with Gasteiger partial charge in [0.2, 0.25) is 5.91 Å². The molecule has 8 heteroatoms. The number of aryl methyl sites for hydroxylation is 1. The lowest BCUT2D eigenvalue weighted by atomic mass is 10.0. The SMILES string of the molecule is CC(=O)NC1CCN(Cc2coc3cc(Oc4nc5ncc(C)cc5s4)ccc23)CC1. The van der Waals surface area contributed by atoms with Crippen molar-refractivity contribution in [1.82, 2.24) is 20.2 Å². The summed E-state index contributed by atoms with van der Waals surface area (Å²) in [6.45, 7) is 6.35. The van der Waals surface area contributed by atoms with Crippen molar-refractivity contribution in [2.45, 2.75) is 39.3 Å². The van der Waals surface area contributed by atoms with Gasteiger partial charge in [0, 0.05) is 55.8 Å².